The number of nitrogens with zero attached hydrogens (tertiary/aromatic N) is 1. The highest BCUT2D eigenvalue weighted by atomic mass is 16.5. The van der Waals surface area contributed by atoms with Crippen LogP contribution in [-0.2, 0) is 0 Å². The second-order valence-corrected chi connectivity index (χ2v) is 4.80. The molecule has 1 N–H and O–H groups in total. The zero-order valence-corrected chi connectivity index (χ0v) is 12.0. The van der Waals surface area contributed by atoms with Crippen LogP contribution in [0.25, 0.3) is 0 Å². The lowest BCUT2D eigenvalue weighted by Gasteiger charge is -2.19. The lowest BCUT2D eigenvalue weighted by atomic mass is 10.0. The number of anilines is 1. The number of aryl methyl sites for hydroxylation is 1. The standard InChI is InChI=1S/C17H18N2O/c1-12-7-8-17(20-3)16(9-12)13(2)19-15-6-4-5-14(10-15)11-18/h4-10,13,19H,1-3H3. The van der Waals surface area contributed by atoms with Crippen LogP contribution in [0.4, 0.5) is 5.69 Å². The minimum Gasteiger partial charge on any atom is -0.496 e. The van der Waals surface area contributed by atoms with Gasteiger partial charge >= 0.3 is 0 Å². The maximum absolute atomic E-state index is 8.93. The fourth-order valence-electron chi connectivity index (χ4n) is 2.20. The number of hydrogen-bond donors (Lipinski definition) is 1. The summed E-state index contributed by atoms with van der Waals surface area (Å²) in [7, 11) is 1.68. The van der Waals surface area contributed by atoms with Gasteiger partial charge in [0.25, 0.3) is 0 Å². The van der Waals surface area contributed by atoms with Crippen LogP contribution >= 0.6 is 0 Å². The number of nitriles is 1. The molecule has 2 aromatic rings. The average Bonchev–Trinajstić information content (AvgIpc) is 2.47. The van der Waals surface area contributed by atoms with Crippen molar-refractivity contribution < 1.29 is 4.74 Å². The predicted molar refractivity (Wildman–Crippen MR) is 80.9 cm³/mol. The Bertz CT molecular complexity index is 644. The van der Waals surface area contributed by atoms with Crippen molar-refractivity contribution in [1.82, 2.24) is 0 Å². The number of benzene rings is 2. The Morgan fingerprint density at radius 3 is 2.70 bits per heavy atom. The summed E-state index contributed by atoms with van der Waals surface area (Å²) in [6, 6.07) is 15.8. The third kappa shape index (κ3) is 3.10. The van der Waals surface area contributed by atoms with E-state index in [2.05, 4.69) is 31.3 Å². The summed E-state index contributed by atoms with van der Waals surface area (Å²) in [5, 5.41) is 12.3. The second kappa shape index (κ2) is 6.12. The van der Waals surface area contributed by atoms with E-state index in [1.54, 1.807) is 13.2 Å². The first-order valence-electron chi connectivity index (χ1n) is 6.55. The van der Waals surface area contributed by atoms with Crippen molar-refractivity contribution in [2.24, 2.45) is 0 Å². The molecule has 2 rings (SSSR count). The van der Waals surface area contributed by atoms with Crippen LogP contribution in [0.2, 0.25) is 0 Å². The van der Waals surface area contributed by atoms with Gasteiger partial charge in [-0.05, 0) is 38.1 Å². The van der Waals surface area contributed by atoms with Crippen LogP contribution in [0.5, 0.6) is 5.75 Å². The fourth-order valence-corrected chi connectivity index (χ4v) is 2.20. The normalized spacial score (nSPS) is 11.5. The van der Waals surface area contributed by atoms with Gasteiger partial charge in [-0.1, -0.05) is 23.8 Å². The molecule has 2 aromatic carbocycles. The van der Waals surface area contributed by atoms with Crippen molar-refractivity contribution in [3.63, 3.8) is 0 Å². The molecule has 3 heteroatoms. The first-order valence-corrected chi connectivity index (χ1v) is 6.55. The van der Waals surface area contributed by atoms with E-state index >= 15 is 0 Å². The summed E-state index contributed by atoms with van der Waals surface area (Å²) in [6.45, 7) is 4.14. The van der Waals surface area contributed by atoms with E-state index in [0.717, 1.165) is 17.0 Å². The molecular weight excluding hydrogens is 248 g/mol. The minimum absolute atomic E-state index is 0.0961. The summed E-state index contributed by atoms with van der Waals surface area (Å²) < 4.78 is 5.41. The highest BCUT2D eigenvalue weighted by molar-refractivity contribution is 5.52. The Morgan fingerprint density at radius 2 is 2.00 bits per heavy atom. The quantitative estimate of drug-likeness (QED) is 0.908. The lowest BCUT2D eigenvalue weighted by molar-refractivity contribution is 0.408. The molecule has 102 valence electrons. The van der Waals surface area contributed by atoms with E-state index in [4.69, 9.17) is 10.00 Å². The van der Waals surface area contributed by atoms with E-state index in [1.165, 1.54) is 5.56 Å². The van der Waals surface area contributed by atoms with Crippen molar-refractivity contribution in [1.29, 1.82) is 5.26 Å². The van der Waals surface area contributed by atoms with Gasteiger partial charge in [0, 0.05) is 11.3 Å². The SMILES string of the molecule is COc1ccc(C)cc1C(C)Nc1cccc(C#N)c1. The Kier molecular flexibility index (Phi) is 4.27. The Morgan fingerprint density at radius 1 is 1.20 bits per heavy atom. The molecule has 1 atom stereocenters. The molecule has 1 unspecified atom stereocenters. The van der Waals surface area contributed by atoms with Gasteiger partial charge < -0.3 is 10.1 Å². The van der Waals surface area contributed by atoms with Crippen molar-refractivity contribution in [2.75, 3.05) is 12.4 Å². The Balaban J connectivity index is 2.25. The van der Waals surface area contributed by atoms with Crippen LogP contribution < -0.4 is 10.1 Å². The molecule has 0 amide bonds. The molecule has 0 heterocycles. The smallest absolute Gasteiger partial charge is 0.124 e. The molecule has 0 saturated heterocycles. The van der Waals surface area contributed by atoms with Gasteiger partial charge in [0.2, 0.25) is 0 Å². The van der Waals surface area contributed by atoms with Crippen molar-refractivity contribution >= 4 is 5.69 Å². The molecule has 0 spiro atoms. The van der Waals surface area contributed by atoms with Gasteiger partial charge in [-0.25, -0.2) is 0 Å². The fraction of sp³-hybridized carbons (Fsp3) is 0.235. The van der Waals surface area contributed by atoms with Crippen molar-refractivity contribution in [2.45, 2.75) is 19.9 Å². The summed E-state index contributed by atoms with van der Waals surface area (Å²) in [5.41, 5.74) is 3.88. The first-order chi connectivity index (χ1) is 9.63. The van der Waals surface area contributed by atoms with E-state index in [-0.39, 0.29) is 6.04 Å². The topological polar surface area (TPSA) is 45.0 Å². The summed E-state index contributed by atoms with van der Waals surface area (Å²) in [6.07, 6.45) is 0. The summed E-state index contributed by atoms with van der Waals surface area (Å²) in [5.74, 6) is 0.868. The van der Waals surface area contributed by atoms with Gasteiger partial charge in [0.05, 0.1) is 24.8 Å². The van der Waals surface area contributed by atoms with E-state index in [9.17, 15) is 0 Å². The molecule has 0 aliphatic heterocycles. The van der Waals surface area contributed by atoms with Crippen LogP contribution in [0.3, 0.4) is 0 Å². The molecule has 0 aliphatic rings. The molecule has 20 heavy (non-hydrogen) atoms. The lowest BCUT2D eigenvalue weighted by Crippen LogP contribution is -2.08. The van der Waals surface area contributed by atoms with E-state index in [0.29, 0.717) is 5.56 Å². The summed E-state index contributed by atoms with van der Waals surface area (Å²) >= 11 is 0. The van der Waals surface area contributed by atoms with Gasteiger partial charge in [-0.2, -0.15) is 5.26 Å². The zero-order valence-electron chi connectivity index (χ0n) is 12.0. The minimum atomic E-state index is 0.0961. The maximum atomic E-state index is 8.93. The average molecular weight is 266 g/mol. The highest BCUT2D eigenvalue weighted by Gasteiger charge is 2.11. The zero-order chi connectivity index (χ0) is 14.5. The number of hydrogen-bond acceptors (Lipinski definition) is 3. The third-order valence-electron chi connectivity index (χ3n) is 3.23. The molecule has 0 fully saturated rings. The van der Waals surface area contributed by atoms with Crippen molar-refractivity contribution in [3.8, 4) is 11.8 Å². The highest BCUT2D eigenvalue weighted by Crippen LogP contribution is 2.28. The summed E-state index contributed by atoms with van der Waals surface area (Å²) in [4.78, 5) is 0. The predicted octanol–water partition coefficient (Wildman–Crippen LogP) is 4.05. The number of methoxy groups -OCH3 is 1. The third-order valence-corrected chi connectivity index (χ3v) is 3.23. The molecule has 0 aromatic heterocycles. The molecule has 3 nitrogen and oxygen atoms in total. The first kappa shape index (κ1) is 14.0. The van der Waals surface area contributed by atoms with E-state index < -0.39 is 0 Å². The maximum Gasteiger partial charge on any atom is 0.124 e. The van der Waals surface area contributed by atoms with Gasteiger partial charge in [-0.15, -0.1) is 0 Å². The van der Waals surface area contributed by atoms with Gasteiger partial charge in [0.1, 0.15) is 5.75 Å². The second-order valence-electron chi connectivity index (χ2n) is 4.80. The Hall–Kier alpha value is -2.47. The van der Waals surface area contributed by atoms with Gasteiger partial charge in [0.15, 0.2) is 0 Å². The van der Waals surface area contributed by atoms with Crippen molar-refractivity contribution in [3.05, 3.63) is 59.2 Å². The van der Waals surface area contributed by atoms with Crippen LogP contribution in [0.1, 0.15) is 29.7 Å². The van der Waals surface area contributed by atoms with Crippen LogP contribution in [0.15, 0.2) is 42.5 Å². The molecule has 0 saturated carbocycles. The Labute approximate surface area is 119 Å². The monoisotopic (exact) mass is 266 g/mol. The molecule has 0 radical (unpaired) electrons. The number of ether oxygens (including phenoxy) is 1. The van der Waals surface area contributed by atoms with Crippen LogP contribution in [-0.4, -0.2) is 7.11 Å². The van der Waals surface area contributed by atoms with Crippen LogP contribution in [0, 0.1) is 18.3 Å². The number of nitrogens with one attached hydrogen (secondary N) is 1. The molecule has 0 bridgehead atoms. The molecule has 0 aliphatic carbocycles. The van der Waals surface area contributed by atoms with E-state index in [1.807, 2.05) is 30.3 Å². The molecular formula is C17H18N2O. The largest absolute Gasteiger partial charge is 0.496 e. The van der Waals surface area contributed by atoms with Gasteiger partial charge in [-0.3, -0.25) is 0 Å². The number of rotatable bonds is 4.